The molecule has 9 unspecified atom stereocenters. The Morgan fingerprint density at radius 1 is 0.530 bits per heavy atom. The van der Waals surface area contributed by atoms with E-state index in [1.54, 1.807) is 0 Å². The van der Waals surface area contributed by atoms with Crippen molar-refractivity contribution in [1.82, 2.24) is 5.32 Å². The Morgan fingerprint density at radius 3 is 1.39 bits per heavy atom. The first kappa shape index (κ1) is 62.3. The third-order valence-electron chi connectivity index (χ3n) is 13.2. The molecule has 1 amide bonds. The number of aliphatic hydroxyl groups is 7. The molecule has 0 spiro atoms. The van der Waals surface area contributed by atoms with Crippen LogP contribution in [0, 0.1) is 0 Å². The highest BCUT2D eigenvalue weighted by molar-refractivity contribution is 5.80. The van der Waals surface area contributed by atoms with E-state index in [0.29, 0.717) is 12.8 Å². The third-order valence-corrected chi connectivity index (χ3v) is 13.2. The van der Waals surface area contributed by atoms with Crippen molar-refractivity contribution >= 4 is 5.91 Å². The van der Waals surface area contributed by atoms with Crippen molar-refractivity contribution in [2.75, 3.05) is 13.2 Å². The van der Waals surface area contributed by atoms with E-state index in [2.05, 4.69) is 55.6 Å². The lowest BCUT2D eigenvalue weighted by atomic mass is 9.98. The van der Waals surface area contributed by atoms with Crippen LogP contribution in [-0.4, -0.2) is 110 Å². The van der Waals surface area contributed by atoms with Crippen molar-refractivity contribution in [3.8, 4) is 0 Å². The van der Waals surface area contributed by atoms with Crippen LogP contribution in [0.3, 0.4) is 0 Å². The normalized spacial score (nSPS) is 21.0. The molecule has 8 N–H and O–H groups in total. The number of carbonyl (C=O) groups excluding carboxylic acids is 1. The van der Waals surface area contributed by atoms with Crippen LogP contribution in [0.5, 0.6) is 0 Å². The van der Waals surface area contributed by atoms with E-state index in [1.165, 1.54) is 154 Å². The van der Waals surface area contributed by atoms with Gasteiger partial charge in [0.25, 0.3) is 0 Å². The maximum atomic E-state index is 13.1. The van der Waals surface area contributed by atoms with Crippen LogP contribution in [0.15, 0.2) is 36.5 Å². The van der Waals surface area contributed by atoms with Crippen LogP contribution in [0.4, 0.5) is 0 Å². The van der Waals surface area contributed by atoms with E-state index < -0.39 is 74.2 Å². The largest absolute Gasteiger partial charge is 0.394 e. The molecule has 0 aliphatic carbocycles. The lowest BCUT2D eigenvalue weighted by molar-refractivity contribution is -0.303. The van der Waals surface area contributed by atoms with Crippen molar-refractivity contribution < 1.29 is 50.0 Å². The Bertz CT molecular complexity index is 1170. The standard InChI is InChI=1S/C55H103NO10/c1-3-5-7-9-11-13-15-16-17-18-19-20-21-22-23-24-25-26-27-28-29-30-31-33-35-37-39-41-43-48(59)54(64)56-46(45-65-55-53(63)52(62)51(61)49(44-57)66-55)50(60)47(58)42-40-38-36-34-32-14-12-10-8-6-4-2/h19-20,22-23,34,36,46-53,55,57-63H,3-18,21,24-33,35,37-45H2,1-2H3,(H,56,64)/b20-19-,23-22-,36-34+. The number of nitrogens with one attached hydrogen (secondary N) is 1. The molecule has 9 atom stereocenters. The van der Waals surface area contributed by atoms with Crippen molar-refractivity contribution in [2.45, 2.75) is 294 Å². The Kier molecular flexibility index (Phi) is 42.1. The van der Waals surface area contributed by atoms with Crippen LogP contribution in [-0.2, 0) is 14.3 Å². The van der Waals surface area contributed by atoms with Crippen LogP contribution in [0.2, 0.25) is 0 Å². The summed E-state index contributed by atoms with van der Waals surface area (Å²) in [5.74, 6) is -0.708. The van der Waals surface area contributed by atoms with Crippen molar-refractivity contribution in [2.24, 2.45) is 0 Å². The number of amides is 1. The molecule has 11 heteroatoms. The number of hydrogen-bond acceptors (Lipinski definition) is 10. The van der Waals surface area contributed by atoms with E-state index in [-0.39, 0.29) is 12.8 Å². The summed E-state index contributed by atoms with van der Waals surface area (Å²) in [6.07, 6.45) is 42.2. The van der Waals surface area contributed by atoms with Gasteiger partial charge in [0.05, 0.1) is 25.4 Å². The maximum absolute atomic E-state index is 13.1. The predicted octanol–water partition coefficient (Wildman–Crippen LogP) is 10.7. The van der Waals surface area contributed by atoms with Gasteiger partial charge in [0.2, 0.25) is 5.91 Å². The Labute approximate surface area is 403 Å². The first-order valence-corrected chi connectivity index (χ1v) is 27.4. The maximum Gasteiger partial charge on any atom is 0.249 e. The number of allylic oxidation sites excluding steroid dienone is 6. The first-order valence-electron chi connectivity index (χ1n) is 27.4. The zero-order chi connectivity index (χ0) is 48.3. The molecule has 0 saturated carbocycles. The minimum absolute atomic E-state index is 0.252. The molecule has 1 heterocycles. The van der Waals surface area contributed by atoms with E-state index in [4.69, 9.17) is 9.47 Å². The fourth-order valence-electron chi connectivity index (χ4n) is 8.65. The van der Waals surface area contributed by atoms with Crippen molar-refractivity contribution in [3.05, 3.63) is 36.5 Å². The van der Waals surface area contributed by atoms with Crippen molar-refractivity contribution in [1.29, 1.82) is 0 Å². The van der Waals surface area contributed by atoms with Gasteiger partial charge in [-0.3, -0.25) is 4.79 Å². The van der Waals surface area contributed by atoms with Crippen LogP contribution in [0.1, 0.15) is 239 Å². The van der Waals surface area contributed by atoms with E-state index in [0.717, 1.165) is 44.9 Å². The SMILES string of the molecule is CCCCCCCC/C=C/CCCC(O)C(O)C(COC1OC(CO)C(O)C(O)C1O)NC(=O)C(O)CCCCCCCCCCCCCC/C=C\C/C=C\CCCCCCCCCCC. The highest BCUT2D eigenvalue weighted by Crippen LogP contribution is 2.23. The second-order valence-electron chi connectivity index (χ2n) is 19.3. The molecule has 388 valence electrons. The number of rotatable bonds is 46. The zero-order valence-corrected chi connectivity index (χ0v) is 42.2. The average Bonchev–Trinajstić information content (AvgIpc) is 3.32. The molecular weight excluding hydrogens is 835 g/mol. The average molecular weight is 938 g/mol. The Balaban J connectivity index is 2.26. The predicted molar refractivity (Wildman–Crippen MR) is 270 cm³/mol. The monoisotopic (exact) mass is 938 g/mol. The highest BCUT2D eigenvalue weighted by atomic mass is 16.7. The molecular formula is C55H103NO10. The second-order valence-corrected chi connectivity index (χ2v) is 19.3. The second kappa shape index (κ2) is 44.5. The number of carbonyl (C=O) groups is 1. The summed E-state index contributed by atoms with van der Waals surface area (Å²) < 4.78 is 11.1. The third kappa shape index (κ3) is 33.0. The number of ether oxygens (including phenoxy) is 2. The smallest absolute Gasteiger partial charge is 0.249 e. The Morgan fingerprint density at radius 2 is 0.939 bits per heavy atom. The summed E-state index contributed by atoms with van der Waals surface area (Å²) in [7, 11) is 0. The van der Waals surface area contributed by atoms with Crippen molar-refractivity contribution in [3.63, 3.8) is 0 Å². The molecule has 1 aliphatic heterocycles. The minimum Gasteiger partial charge on any atom is -0.394 e. The van der Waals surface area contributed by atoms with Gasteiger partial charge < -0.3 is 50.5 Å². The molecule has 66 heavy (non-hydrogen) atoms. The van der Waals surface area contributed by atoms with Gasteiger partial charge in [0.1, 0.15) is 36.6 Å². The van der Waals surface area contributed by atoms with E-state index in [9.17, 15) is 40.5 Å². The van der Waals surface area contributed by atoms with Gasteiger partial charge in [-0.05, 0) is 70.6 Å². The summed E-state index contributed by atoms with van der Waals surface area (Å²) in [5.41, 5.74) is 0. The van der Waals surface area contributed by atoms with Gasteiger partial charge in [0.15, 0.2) is 6.29 Å². The van der Waals surface area contributed by atoms with Gasteiger partial charge >= 0.3 is 0 Å². The number of unbranched alkanes of at least 4 members (excludes halogenated alkanes) is 28. The fourth-order valence-corrected chi connectivity index (χ4v) is 8.65. The van der Waals surface area contributed by atoms with E-state index >= 15 is 0 Å². The minimum atomic E-state index is -1.67. The van der Waals surface area contributed by atoms with Gasteiger partial charge in [-0.1, -0.05) is 204 Å². The first-order chi connectivity index (χ1) is 32.2. The fraction of sp³-hybridized carbons (Fsp3) is 0.873. The molecule has 0 aromatic carbocycles. The zero-order valence-electron chi connectivity index (χ0n) is 42.2. The van der Waals surface area contributed by atoms with Gasteiger partial charge in [-0.25, -0.2) is 0 Å². The molecule has 11 nitrogen and oxygen atoms in total. The van der Waals surface area contributed by atoms with Gasteiger partial charge in [0, 0.05) is 0 Å². The molecule has 1 rings (SSSR count). The molecule has 1 aliphatic rings. The summed E-state index contributed by atoms with van der Waals surface area (Å²) >= 11 is 0. The number of hydrogen-bond donors (Lipinski definition) is 8. The molecule has 0 bridgehead atoms. The molecule has 0 aromatic heterocycles. The molecule has 0 radical (unpaired) electrons. The summed E-state index contributed by atoms with van der Waals surface area (Å²) in [6.45, 7) is 3.41. The summed E-state index contributed by atoms with van der Waals surface area (Å²) in [4.78, 5) is 13.1. The lowest BCUT2D eigenvalue weighted by Gasteiger charge is -2.40. The lowest BCUT2D eigenvalue weighted by Crippen LogP contribution is -2.60. The molecule has 0 aromatic rings. The molecule has 1 saturated heterocycles. The van der Waals surface area contributed by atoms with E-state index in [1.807, 2.05) is 0 Å². The Hall–Kier alpha value is -1.67. The quantitative estimate of drug-likeness (QED) is 0.0215. The summed E-state index contributed by atoms with van der Waals surface area (Å²) in [5, 5.41) is 75.8. The van der Waals surface area contributed by atoms with Crippen LogP contribution >= 0.6 is 0 Å². The van der Waals surface area contributed by atoms with Gasteiger partial charge in [-0.15, -0.1) is 0 Å². The topological polar surface area (TPSA) is 189 Å². The molecule has 1 fully saturated rings. The summed E-state index contributed by atoms with van der Waals surface area (Å²) in [6, 6.07) is -1.18. The van der Waals surface area contributed by atoms with Crippen LogP contribution in [0.25, 0.3) is 0 Å². The number of aliphatic hydroxyl groups excluding tert-OH is 7. The van der Waals surface area contributed by atoms with Gasteiger partial charge in [-0.2, -0.15) is 0 Å². The highest BCUT2D eigenvalue weighted by Gasteiger charge is 2.44. The van der Waals surface area contributed by atoms with Crippen LogP contribution < -0.4 is 5.32 Å².